The van der Waals surface area contributed by atoms with Crippen LogP contribution < -0.4 is 5.32 Å². The number of nitrogens with one attached hydrogen (secondary N) is 1. The van der Waals surface area contributed by atoms with Crippen molar-refractivity contribution in [1.82, 2.24) is 5.32 Å². The molecule has 0 heterocycles. The van der Waals surface area contributed by atoms with Crippen molar-refractivity contribution in [2.75, 3.05) is 13.2 Å². The predicted octanol–water partition coefficient (Wildman–Crippen LogP) is 2.56. The molecule has 0 amide bonds. The van der Waals surface area contributed by atoms with Crippen LogP contribution in [0.5, 0.6) is 0 Å². The average Bonchev–Trinajstić information content (AvgIpc) is 2.22. The topological polar surface area (TPSA) is 32.3 Å². The summed E-state index contributed by atoms with van der Waals surface area (Å²) in [6, 6.07) is 0.699. The molecule has 0 aromatic carbocycles. The van der Waals surface area contributed by atoms with Gasteiger partial charge >= 0.3 is 0 Å². The van der Waals surface area contributed by atoms with Gasteiger partial charge in [0.05, 0.1) is 0 Å². The first-order chi connectivity index (χ1) is 6.74. The lowest BCUT2D eigenvalue weighted by Crippen LogP contribution is -2.29. The third-order valence-corrected chi connectivity index (χ3v) is 2.75. The van der Waals surface area contributed by atoms with Gasteiger partial charge in [-0.15, -0.1) is 0 Å². The third-order valence-electron chi connectivity index (χ3n) is 2.75. The van der Waals surface area contributed by atoms with Gasteiger partial charge in [-0.3, -0.25) is 0 Å². The highest BCUT2D eigenvalue weighted by Gasteiger charge is 2.04. The Morgan fingerprint density at radius 2 is 1.93 bits per heavy atom. The summed E-state index contributed by atoms with van der Waals surface area (Å²) in [6.45, 7) is 8.00. The molecule has 0 aliphatic heterocycles. The Kier molecular flexibility index (Phi) is 9.42. The molecule has 0 aliphatic carbocycles. The second-order valence-electron chi connectivity index (χ2n) is 4.28. The van der Waals surface area contributed by atoms with Crippen molar-refractivity contribution in [2.45, 2.75) is 58.9 Å². The minimum atomic E-state index is 0.326. The molecule has 2 nitrogen and oxygen atoms in total. The van der Waals surface area contributed by atoms with Crippen LogP contribution in [0.15, 0.2) is 0 Å². The van der Waals surface area contributed by atoms with Crippen molar-refractivity contribution in [3.8, 4) is 0 Å². The van der Waals surface area contributed by atoms with Crippen LogP contribution in [-0.2, 0) is 0 Å². The highest BCUT2D eigenvalue weighted by molar-refractivity contribution is 4.64. The van der Waals surface area contributed by atoms with Gasteiger partial charge in [-0.05, 0) is 38.1 Å². The second-order valence-corrected chi connectivity index (χ2v) is 4.28. The number of aliphatic hydroxyl groups excluding tert-OH is 1. The fourth-order valence-electron chi connectivity index (χ4n) is 1.65. The van der Waals surface area contributed by atoms with Crippen molar-refractivity contribution < 1.29 is 5.11 Å². The van der Waals surface area contributed by atoms with E-state index in [1.54, 1.807) is 0 Å². The lowest BCUT2D eigenvalue weighted by Gasteiger charge is -2.16. The molecule has 0 saturated heterocycles. The van der Waals surface area contributed by atoms with E-state index in [2.05, 4.69) is 26.1 Å². The van der Waals surface area contributed by atoms with Crippen LogP contribution in [-0.4, -0.2) is 24.3 Å². The molecule has 0 spiro atoms. The monoisotopic (exact) mass is 201 g/mol. The van der Waals surface area contributed by atoms with E-state index >= 15 is 0 Å². The summed E-state index contributed by atoms with van der Waals surface area (Å²) in [6.07, 6.45) is 6.09. The Morgan fingerprint density at radius 3 is 2.43 bits per heavy atom. The summed E-state index contributed by atoms with van der Waals surface area (Å²) in [7, 11) is 0. The molecule has 2 atom stereocenters. The van der Waals surface area contributed by atoms with Crippen LogP contribution in [0.3, 0.4) is 0 Å². The van der Waals surface area contributed by atoms with Crippen LogP contribution in [0.1, 0.15) is 52.9 Å². The van der Waals surface area contributed by atoms with Crippen LogP contribution in [0.2, 0.25) is 0 Å². The maximum atomic E-state index is 8.85. The molecule has 2 unspecified atom stereocenters. The first-order valence-corrected chi connectivity index (χ1v) is 6.08. The molecule has 0 fully saturated rings. The zero-order chi connectivity index (χ0) is 10.8. The van der Waals surface area contributed by atoms with Crippen molar-refractivity contribution in [3.05, 3.63) is 0 Å². The van der Waals surface area contributed by atoms with E-state index in [9.17, 15) is 0 Å². The fourth-order valence-corrected chi connectivity index (χ4v) is 1.65. The smallest absolute Gasteiger partial charge is 0.0456 e. The molecule has 0 aliphatic rings. The van der Waals surface area contributed by atoms with Crippen LogP contribution in [0.25, 0.3) is 0 Å². The zero-order valence-corrected chi connectivity index (χ0v) is 10.1. The average molecular weight is 201 g/mol. The quantitative estimate of drug-likeness (QED) is 0.562. The van der Waals surface area contributed by atoms with Crippen molar-refractivity contribution in [1.29, 1.82) is 0 Å². The van der Waals surface area contributed by atoms with Crippen molar-refractivity contribution in [2.24, 2.45) is 5.92 Å². The van der Waals surface area contributed by atoms with Crippen LogP contribution >= 0.6 is 0 Å². The molecule has 0 radical (unpaired) electrons. The third kappa shape index (κ3) is 7.34. The Bertz CT molecular complexity index is 117. The largest absolute Gasteiger partial charge is 0.396 e. The fraction of sp³-hybridized carbons (Fsp3) is 1.00. The molecule has 86 valence electrons. The Labute approximate surface area is 89.1 Å². The number of hydrogen-bond donors (Lipinski definition) is 2. The van der Waals surface area contributed by atoms with Crippen molar-refractivity contribution >= 4 is 0 Å². The zero-order valence-electron chi connectivity index (χ0n) is 10.1. The standard InChI is InChI=1S/C12H27NO/c1-4-7-12(5-2)13-9-6-8-11(3)10-14/h11-14H,4-10H2,1-3H3. The van der Waals surface area contributed by atoms with E-state index in [-0.39, 0.29) is 0 Å². The van der Waals surface area contributed by atoms with E-state index in [1.807, 2.05) is 0 Å². The van der Waals surface area contributed by atoms with Crippen LogP contribution in [0, 0.1) is 5.92 Å². The highest BCUT2D eigenvalue weighted by Crippen LogP contribution is 2.05. The van der Waals surface area contributed by atoms with E-state index in [1.165, 1.54) is 25.7 Å². The van der Waals surface area contributed by atoms with Crippen molar-refractivity contribution in [3.63, 3.8) is 0 Å². The van der Waals surface area contributed by atoms with Gasteiger partial charge in [-0.25, -0.2) is 0 Å². The van der Waals surface area contributed by atoms with E-state index in [4.69, 9.17) is 5.11 Å². The summed E-state index contributed by atoms with van der Waals surface area (Å²) in [5.41, 5.74) is 0. The number of rotatable bonds is 9. The van der Waals surface area contributed by atoms with Crippen LogP contribution in [0.4, 0.5) is 0 Å². The second kappa shape index (κ2) is 9.47. The van der Waals surface area contributed by atoms with E-state index in [0.717, 1.165) is 13.0 Å². The molecule has 0 saturated carbocycles. The number of aliphatic hydroxyl groups is 1. The molecule has 2 N–H and O–H groups in total. The predicted molar refractivity (Wildman–Crippen MR) is 62.5 cm³/mol. The highest BCUT2D eigenvalue weighted by atomic mass is 16.3. The maximum absolute atomic E-state index is 8.85. The summed E-state index contributed by atoms with van der Waals surface area (Å²) in [5.74, 6) is 0.461. The molecule has 0 aromatic rings. The summed E-state index contributed by atoms with van der Waals surface area (Å²) in [5, 5.41) is 12.4. The van der Waals surface area contributed by atoms with Gasteiger partial charge in [-0.1, -0.05) is 27.2 Å². The molecule has 0 bridgehead atoms. The molecule has 14 heavy (non-hydrogen) atoms. The minimum Gasteiger partial charge on any atom is -0.396 e. The minimum absolute atomic E-state index is 0.326. The summed E-state index contributed by atoms with van der Waals surface area (Å²) >= 11 is 0. The van der Waals surface area contributed by atoms with Gasteiger partial charge in [0.1, 0.15) is 0 Å². The molecule has 0 aromatic heterocycles. The van der Waals surface area contributed by atoms with Gasteiger partial charge in [0, 0.05) is 12.6 Å². The normalized spacial score (nSPS) is 15.4. The van der Waals surface area contributed by atoms with Gasteiger partial charge in [-0.2, -0.15) is 0 Å². The van der Waals surface area contributed by atoms with E-state index in [0.29, 0.717) is 18.6 Å². The van der Waals surface area contributed by atoms with Gasteiger partial charge < -0.3 is 10.4 Å². The Balaban J connectivity index is 3.32. The summed E-state index contributed by atoms with van der Waals surface area (Å²) in [4.78, 5) is 0. The lowest BCUT2D eigenvalue weighted by atomic mass is 10.1. The summed E-state index contributed by atoms with van der Waals surface area (Å²) < 4.78 is 0. The van der Waals surface area contributed by atoms with Gasteiger partial charge in [0.2, 0.25) is 0 Å². The van der Waals surface area contributed by atoms with Gasteiger partial charge in [0.15, 0.2) is 0 Å². The molecular formula is C12H27NO. The first kappa shape index (κ1) is 13.9. The Morgan fingerprint density at radius 1 is 1.21 bits per heavy atom. The lowest BCUT2D eigenvalue weighted by molar-refractivity contribution is 0.227. The van der Waals surface area contributed by atoms with E-state index < -0.39 is 0 Å². The SMILES string of the molecule is CCCC(CC)NCCCC(C)CO. The number of hydrogen-bond acceptors (Lipinski definition) is 2. The molecular weight excluding hydrogens is 174 g/mol. The molecule has 0 rings (SSSR count). The van der Waals surface area contributed by atoms with Gasteiger partial charge in [0.25, 0.3) is 0 Å². The molecule has 2 heteroatoms. The first-order valence-electron chi connectivity index (χ1n) is 6.08. The Hall–Kier alpha value is -0.0800. The maximum Gasteiger partial charge on any atom is 0.0456 e.